The van der Waals surface area contributed by atoms with Crippen molar-refractivity contribution in [3.63, 3.8) is 0 Å². The van der Waals surface area contributed by atoms with Crippen molar-refractivity contribution in [3.05, 3.63) is 75.7 Å². The van der Waals surface area contributed by atoms with Gasteiger partial charge in [0, 0.05) is 27.5 Å². The minimum absolute atomic E-state index is 0.102. The van der Waals surface area contributed by atoms with Gasteiger partial charge in [-0.25, -0.2) is 4.98 Å². The molecule has 2 amide bonds. The molecule has 0 radical (unpaired) electrons. The summed E-state index contributed by atoms with van der Waals surface area (Å²) in [5.41, 5.74) is 2.49. The van der Waals surface area contributed by atoms with E-state index in [1.54, 1.807) is 28.4 Å². The summed E-state index contributed by atoms with van der Waals surface area (Å²) in [6.07, 6.45) is 1.51. The second kappa shape index (κ2) is 8.88. The number of rotatable bonds is 5. The van der Waals surface area contributed by atoms with Crippen LogP contribution in [0.2, 0.25) is 0 Å². The molecule has 148 valence electrons. The van der Waals surface area contributed by atoms with Gasteiger partial charge in [-0.2, -0.15) is 0 Å². The Morgan fingerprint density at radius 3 is 2.66 bits per heavy atom. The van der Waals surface area contributed by atoms with Crippen molar-refractivity contribution in [3.8, 4) is 10.6 Å². The number of nitrogens with one attached hydrogen (secondary N) is 1. The fourth-order valence-electron chi connectivity index (χ4n) is 3.44. The van der Waals surface area contributed by atoms with Crippen LogP contribution in [0.25, 0.3) is 10.6 Å². The molecule has 1 aromatic heterocycles. The Balaban J connectivity index is 1.38. The number of halogens is 1. The molecule has 1 fully saturated rings. The van der Waals surface area contributed by atoms with E-state index in [9.17, 15) is 9.59 Å². The van der Waals surface area contributed by atoms with Crippen molar-refractivity contribution in [2.75, 3.05) is 6.54 Å². The summed E-state index contributed by atoms with van der Waals surface area (Å²) in [4.78, 5) is 31.9. The van der Waals surface area contributed by atoms with Crippen LogP contribution in [0, 0.1) is 0 Å². The van der Waals surface area contributed by atoms with Crippen LogP contribution in [0.3, 0.4) is 0 Å². The third-order valence-corrected chi connectivity index (χ3v) is 6.39. The van der Waals surface area contributed by atoms with Crippen LogP contribution in [0.15, 0.2) is 64.5 Å². The highest BCUT2D eigenvalue weighted by Gasteiger charge is 2.34. The fourth-order valence-corrected chi connectivity index (χ4v) is 4.53. The maximum atomic E-state index is 12.8. The number of amides is 2. The average Bonchev–Trinajstić information content (AvgIpc) is 3.43. The first-order valence-corrected chi connectivity index (χ1v) is 11.1. The van der Waals surface area contributed by atoms with Crippen LogP contribution in [-0.2, 0) is 11.3 Å². The molecule has 1 unspecified atom stereocenters. The van der Waals surface area contributed by atoms with E-state index in [1.165, 1.54) is 0 Å². The van der Waals surface area contributed by atoms with Crippen molar-refractivity contribution in [1.29, 1.82) is 0 Å². The summed E-state index contributed by atoms with van der Waals surface area (Å²) in [7, 11) is 0. The van der Waals surface area contributed by atoms with Gasteiger partial charge in [0.2, 0.25) is 5.91 Å². The van der Waals surface area contributed by atoms with Gasteiger partial charge in [0.25, 0.3) is 5.91 Å². The molecular weight excluding hydrogens is 450 g/mol. The van der Waals surface area contributed by atoms with Crippen molar-refractivity contribution < 1.29 is 9.59 Å². The number of hydrogen-bond acceptors (Lipinski definition) is 4. The van der Waals surface area contributed by atoms with E-state index in [-0.39, 0.29) is 11.8 Å². The quantitative estimate of drug-likeness (QED) is 0.598. The largest absolute Gasteiger partial charge is 0.349 e. The van der Waals surface area contributed by atoms with Gasteiger partial charge in [0.15, 0.2) is 0 Å². The first kappa shape index (κ1) is 19.8. The van der Waals surface area contributed by atoms with Gasteiger partial charge in [0.05, 0.1) is 12.2 Å². The van der Waals surface area contributed by atoms with Crippen LogP contribution in [0.5, 0.6) is 0 Å². The van der Waals surface area contributed by atoms with E-state index in [0.29, 0.717) is 25.1 Å². The molecule has 1 aliphatic heterocycles. The average molecular weight is 470 g/mol. The Morgan fingerprint density at radius 1 is 1.14 bits per heavy atom. The molecule has 1 aliphatic rings. The molecule has 3 aromatic rings. The molecule has 29 heavy (non-hydrogen) atoms. The molecule has 1 saturated heterocycles. The Bertz CT molecular complexity index is 1000. The molecule has 0 spiro atoms. The monoisotopic (exact) mass is 469 g/mol. The fraction of sp³-hybridized carbons (Fsp3) is 0.227. The second-order valence-corrected chi connectivity index (χ2v) is 8.67. The maximum absolute atomic E-state index is 12.8. The predicted molar refractivity (Wildman–Crippen MR) is 118 cm³/mol. The smallest absolute Gasteiger partial charge is 0.254 e. The van der Waals surface area contributed by atoms with Gasteiger partial charge in [0.1, 0.15) is 11.0 Å². The number of carbonyl (C=O) groups is 2. The molecule has 7 heteroatoms. The van der Waals surface area contributed by atoms with Crippen LogP contribution >= 0.6 is 27.3 Å². The summed E-state index contributed by atoms with van der Waals surface area (Å²) in [6.45, 7) is 0.959. The maximum Gasteiger partial charge on any atom is 0.254 e. The number of likely N-dealkylation sites (tertiary alicyclic amines) is 1. The van der Waals surface area contributed by atoms with Crippen LogP contribution in [0.1, 0.15) is 28.9 Å². The first-order valence-electron chi connectivity index (χ1n) is 9.46. The lowest BCUT2D eigenvalue weighted by atomic mass is 10.1. The summed E-state index contributed by atoms with van der Waals surface area (Å²) >= 11 is 4.94. The van der Waals surface area contributed by atoms with E-state index in [0.717, 1.165) is 27.2 Å². The number of thiazole rings is 1. The highest BCUT2D eigenvalue weighted by molar-refractivity contribution is 9.10. The van der Waals surface area contributed by atoms with Gasteiger partial charge >= 0.3 is 0 Å². The van der Waals surface area contributed by atoms with Crippen LogP contribution in [0.4, 0.5) is 0 Å². The highest BCUT2D eigenvalue weighted by atomic mass is 79.9. The molecule has 4 rings (SSSR count). The van der Waals surface area contributed by atoms with E-state index in [2.05, 4.69) is 26.2 Å². The number of hydrogen-bond donors (Lipinski definition) is 1. The van der Waals surface area contributed by atoms with Crippen molar-refractivity contribution in [2.45, 2.75) is 25.4 Å². The molecular formula is C22H20BrN3O2S. The Kier molecular flexibility index (Phi) is 6.06. The third-order valence-electron chi connectivity index (χ3n) is 4.92. The molecule has 2 heterocycles. The van der Waals surface area contributed by atoms with Gasteiger partial charge in [-0.1, -0.05) is 46.3 Å². The van der Waals surface area contributed by atoms with Gasteiger partial charge in [-0.3, -0.25) is 9.59 Å². The van der Waals surface area contributed by atoms with Gasteiger partial charge in [-0.15, -0.1) is 11.3 Å². The van der Waals surface area contributed by atoms with Crippen molar-refractivity contribution in [1.82, 2.24) is 15.2 Å². The van der Waals surface area contributed by atoms with E-state index in [4.69, 9.17) is 0 Å². The van der Waals surface area contributed by atoms with Gasteiger partial charge in [-0.05, 0) is 37.1 Å². The molecule has 1 N–H and O–H groups in total. The standard InChI is InChI=1S/C22H20BrN3O2S/c23-17-10-8-16(9-11-17)22(28)26-12-4-7-19(26)20(27)24-13-18-14-29-21(25-18)15-5-2-1-3-6-15/h1-3,5-6,8-11,14,19H,4,7,12-13H2,(H,24,27). The van der Waals surface area contributed by atoms with Crippen LogP contribution < -0.4 is 5.32 Å². The molecule has 0 saturated carbocycles. The number of aromatic nitrogens is 1. The summed E-state index contributed by atoms with van der Waals surface area (Å²) in [5.74, 6) is -0.225. The summed E-state index contributed by atoms with van der Waals surface area (Å²) in [5, 5.41) is 5.85. The Hall–Kier alpha value is -2.51. The van der Waals surface area contributed by atoms with Crippen LogP contribution in [-0.4, -0.2) is 34.3 Å². The predicted octanol–water partition coefficient (Wildman–Crippen LogP) is 4.49. The van der Waals surface area contributed by atoms with E-state index >= 15 is 0 Å². The lowest BCUT2D eigenvalue weighted by molar-refractivity contribution is -0.125. The SMILES string of the molecule is O=C(NCc1csc(-c2ccccc2)n1)C1CCCN1C(=O)c1ccc(Br)cc1. The summed E-state index contributed by atoms with van der Waals surface area (Å²) < 4.78 is 0.919. The first-order chi connectivity index (χ1) is 14.1. The van der Waals surface area contributed by atoms with Crippen molar-refractivity contribution in [2.24, 2.45) is 0 Å². The minimum Gasteiger partial charge on any atom is -0.349 e. The lowest BCUT2D eigenvalue weighted by Crippen LogP contribution is -2.45. The minimum atomic E-state index is -0.432. The number of benzene rings is 2. The molecule has 0 bridgehead atoms. The van der Waals surface area contributed by atoms with Gasteiger partial charge < -0.3 is 10.2 Å². The number of nitrogens with zero attached hydrogens (tertiary/aromatic N) is 2. The van der Waals surface area contributed by atoms with E-state index < -0.39 is 6.04 Å². The van der Waals surface area contributed by atoms with Crippen molar-refractivity contribution >= 4 is 39.1 Å². The topological polar surface area (TPSA) is 62.3 Å². The Labute approximate surface area is 181 Å². The molecule has 1 atom stereocenters. The zero-order chi connectivity index (χ0) is 20.2. The molecule has 2 aromatic carbocycles. The zero-order valence-electron chi connectivity index (χ0n) is 15.7. The Morgan fingerprint density at radius 2 is 1.90 bits per heavy atom. The highest BCUT2D eigenvalue weighted by Crippen LogP contribution is 2.24. The zero-order valence-corrected chi connectivity index (χ0v) is 18.1. The normalized spacial score (nSPS) is 16.0. The molecule has 0 aliphatic carbocycles. The summed E-state index contributed by atoms with van der Waals surface area (Å²) in [6, 6.07) is 16.8. The lowest BCUT2D eigenvalue weighted by Gasteiger charge is -2.24. The number of carbonyl (C=O) groups excluding carboxylic acids is 2. The second-order valence-electron chi connectivity index (χ2n) is 6.89. The third kappa shape index (κ3) is 4.57. The van der Waals surface area contributed by atoms with E-state index in [1.807, 2.05) is 47.8 Å². The molecule has 5 nitrogen and oxygen atoms in total.